The molecule has 0 radical (unpaired) electrons. The normalized spacial score (nSPS) is 9.39. The molecule has 0 bridgehead atoms. The smallest absolute Gasteiger partial charge is 0.310 e. The first kappa shape index (κ1) is 13.7. The van der Waals surface area contributed by atoms with Crippen molar-refractivity contribution in [3.05, 3.63) is 28.8 Å². The zero-order valence-corrected chi connectivity index (χ0v) is 10.2. The van der Waals surface area contributed by atoms with Gasteiger partial charge in [-0.1, -0.05) is 0 Å². The van der Waals surface area contributed by atoms with Crippen molar-refractivity contribution >= 4 is 12.3 Å². The summed E-state index contributed by atoms with van der Waals surface area (Å²) in [5.41, 5.74) is 1.00. The summed E-state index contributed by atoms with van der Waals surface area (Å²) < 4.78 is 9.92. The van der Waals surface area contributed by atoms with Gasteiger partial charge in [0.25, 0.3) is 0 Å². The van der Waals surface area contributed by atoms with Crippen molar-refractivity contribution in [2.75, 3.05) is 13.7 Å². The topological polar surface area (TPSA) is 76.4 Å². The van der Waals surface area contributed by atoms with Gasteiger partial charge in [-0.15, -0.1) is 0 Å². The van der Waals surface area contributed by atoms with Gasteiger partial charge in [0.1, 0.15) is 12.0 Å². The number of hydrogen-bond acceptors (Lipinski definition) is 5. The second-order valence-electron chi connectivity index (χ2n) is 3.46. The molecular weight excluding hydrogens is 234 g/mol. The summed E-state index contributed by atoms with van der Waals surface area (Å²) in [4.78, 5) is 22.2. The largest absolute Gasteiger partial charge is 0.496 e. The number of hydrogen-bond donors (Lipinski definition) is 0. The summed E-state index contributed by atoms with van der Waals surface area (Å²) in [6.07, 6.45) is 0.566. The quantitative estimate of drug-likeness (QED) is 0.582. The van der Waals surface area contributed by atoms with E-state index in [9.17, 15) is 9.59 Å². The average Bonchev–Trinajstić information content (AvgIpc) is 2.39. The van der Waals surface area contributed by atoms with Crippen LogP contribution in [0.25, 0.3) is 0 Å². The fraction of sp³-hybridized carbons (Fsp3) is 0.308. The molecule has 0 aromatic heterocycles. The number of methoxy groups -OCH3 is 1. The van der Waals surface area contributed by atoms with E-state index in [1.807, 2.05) is 6.07 Å². The summed E-state index contributed by atoms with van der Waals surface area (Å²) in [6, 6.07) is 4.86. The number of benzene rings is 1. The predicted octanol–water partition coefficient (Wildman–Crippen LogP) is 1.48. The highest BCUT2D eigenvalue weighted by Crippen LogP contribution is 2.24. The first-order valence-electron chi connectivity index (χ1n) is 5.38. The van der Waals surface area contributed by atoms with Gasteiger partial charge in [0.05, 0.1) is 31.8 Å². The Hall–Kier alpha value is -2.35. The van der Waals surface area contributed by atoms with E-state index in [0.29, 0.717) is 23.2 Å². The third-order valence-corrected chi connectivity index (χ3v) is 2.33. The molecule has 5 nitrogen and oxygen atoms in total. The zero-order valence-electron chi connectivity index (χ0n) is 10.2. The highest BCUT2D eigenvalue weighted by atomic mass is 16.5. The maximum Gasteiger partial charge on any atom is 0.310 e. The molecule has 0 aliphatic rings. The molecule has 0 aliphatic carbocycles. The lowest BCUT2D eigenvalue weighted by Crippen LogP contribution is -2.10. The number of carbonyl (C=O) groups excluding carboxylic acids is 2. The number of carbonyl (C=O) groups is 2. The van der Waals surface area contributed by atoms with Crippen LogP contribution in [-0.2, 0) is 16.0 Å². The van der Waals surface area contributed by atoms with E-state index >= 15 is 0 Å². The minimum absolute atomic E-state index is 0.0565. The van der Waals surface area contributed by atoms with Crippen molar-refractivity contribution < 1.29 is 19.1 Å². The Kier molecular flexibility index (Phi) is 4.88. The van der Waals surface area contributed by atoms with Crippen LogP contribution in [0.4, 0.5) is 0 Å². The highest BCUT2D eigenvalue weighted by molar-refractivity contribution is 5.80. The Morgan fingerprint density at radius 1 is 1.50 bits per heavy atom. The van der Waals surface area contributed by atoms with Crippen molar-refractivity contribution in [3.63, 3.8) is 0 Å². The van der Waals surface area contributed by atoms with Crippen molar-refractivity contribution in [3.8, 4) is 11.8 Å². The van der Waals surface area contributed by atoms with Gasteiger partial charge in [0.15, 0.2) is 0 Å². The summed E-state index contributed by atoms with van der Waals surface area (Å²) in [5, 5.41) is 9.03. The lowest BCUT2D eigenvalue weighted by atomic mass is 10.0. The molecule has 18 heavy (non-hydrogen) atoms. The molecule has 94 valence electrons. The zero-order chi connectivity index (χ0) is 13.5. The molecule has 0 N–H and O–H groups in total. The molecule has 0 saturated carbocycles. The van der Waals surface area contributed by atoms with Gasteiger partial charge >= 0.3 is 5.97 Å². The first-order chi connectivity index (χ1) is 8.65. The Morgan fingerprint density at radius 2 is 2.22 bits per heavy atom. The van der Waals surface area contributed by atoms with Gasteiger partial charge in [-0.3, -0.25) is 9.59 Å². The SMILES string of the molecule is CCOC(=O)Cc1c(C#N)cc(C=O)cc1OC. The van der Waals surface area contributed by atoms with E-state index < -0.39 is 5.97 Å². The number of nitriles is 1. The number of nitrogens with zero attached hydrogens (tertiary/aromatic N) is 1. The van der Waals surface area contributed by atoms with Crippen LogP contribution in [0, 0.1) is 11.3 Å². The number of esters is 1. The van der Waals surface area contributed by atoms with Crippen LogP contribution in [0.3, 0.4) is 0 Å². The van der Waals surface area contributed by atoms with Crippen LogP contribution < -0.4 is 4.74 Å². The third kappa shape index (κ3) is 3.08. The van der Waals surface area contributed by atoms with Crippen molar-refractivity contribution in [1.29, 1.82) is 5.26 Å². The molecule has 0 atom stereocenters. The van der Waals surface area contributed by atoms with Crippen molar-refractivity contribution in [2.24, 2.45) is 0 Å². The molecule has 0 fully saturated rings. The molecule has 1 aromatic rings. The fourth-order valence-electron chi connectivity index (χ4n) is 1.56. The Bertz CT molecular complexity index is 502. The third-order valence-electron chi connectivity index (χ3n) is 2.33. The molecule has 0 unspecified atom stereocenters. The second kappa shape index (κ2) is 6.40. The van der Waals surface area contributed by atoms with Crippen LogP contribution in [0.15, 0.2) is 12.1 Å². The summed E-state index contributed by atoms with van der Waals surface area (Å²) >= 11 is 0. The van der Waals surface area contributed by atoms with E-state index in [4.69, 9.17) is 14.7 Å². The monoisotopic (exact) mass is 247 g/mol. The van der Waals surface area contributed by atoms with Gasteiger partial charge in [-0.2, -0.15) is 5.26 Å². The second-order valence-corrected chi connectivity index (χ2v) is 3.46. The van der Waals surface area contributed by atoms with Gasteiger partial charge in [-0.25, -0.2) is 0 Å². The van der Waals surface area contributed by atoms with E-state index in [1.54, 1.807) is 6.92 Å². The van der Waals surface area contributed by atoms with Crippen LogP contribution in [-0.4, -0.2) is 26.0 Å². The van der Waals surface area contributed by atoms with Crippen LogP contribution in [0.5, 0.6) is 5.75 Å². The van der Waals surface area contributed by atoms with Gasteiger partial charge in [0.2, 0.25) is 0 Å². The van der Waals surface area contributed by atoms with Crippen LogP contribution in [0.2, 0.25) is 0 Å². The van der Waals surface area contributed by atoms with E-state index in [-0.39, 0.29) is 18.6 Å². The van der Waals surface area contributed by atoms with Crippen molar-refractivity contribution in [2.45, 2.75) is 13.3 Å². The lowest BCUT2D eigenvalue weighted by Gasteiger charge is -2.10. The Labute approximate surface area is 105 Å². The Morgan fingerprint density at radius 3 is 2.72 bits per heavy atom. The van der Waals surface area contributed by atoms with E-state index in [1.165, 1.54) is 19.2 Å². The van der Waals surface area contributed by atoms with Gasteiger partial charge in [-0.05, 0) is 19.1 Å². The summed E-state index contributed by atoms with van der Waals surface area (Å²) in [5.74, 6) is -0.102. The maximum absolute atomic E-state index is 11.4. The van der Waals surface area contributed by atoms with Crippen LogP contribution in [0.1, 0.15) is 28.4 Å². The molecule has 0 saturated heterocycles. The molecule has 1 aromatic carbocycles. The standard InChI is InChI=1S/C13H13NO4/c1-3-18-13(16)6-11-10(7-14)4-9(8-15)5-12(11)17-2/h4-5,8H,3,6H2,1-2H3. The lowest BCUT2D eigenvalue weighted by molar-refractivity contribution is -0.142. The summed E-state index contributed by atoms with van der Waals surface area (Å²) in [7, 11) is 1.42. The van der Waals surface area contributed by atoms with Crippen molar-refractivity contribution in [1.82, 2.24) is 0 Å². The number of ether oxygens (including phenoxy) is 2. The fourth-order valence-corrected chi connectivity index (χ4v) is 1.56. The van der Waals surface area contributed by atoms with Gasteiger partial charge in [0, 0.05) is 11.1 Å². The average molecular weight is 247 g/mol. The molecule has 0 heterocycles. The molecule has 0 amide bonds. The molecule has 1 rings (SSSR count). The van der Waals surface area contributed by atoms with Crippen LogP contribution >= 0.6 is 0 Å². The molecule has 5 heteroatoms. The predicted molar refractivity (Wildman–Crippen MR) is 63.4 cm³/mol. The number of rotatable bonds is 5. The van der Waals surface area contributed by atoms with Gasteiger partial charge < -0.3 is 9.47 Å². The van der Waals surface area contributed by atoms with E-state index in [0.717, 1.165) is 0 Å². The first-order valence-corrected chi connectivity index (χ1v) is 5.38. The highest BCUT2D eigenvalue weighted by Gasteiger charge is 2.15. The maximum atomic E-state index is 11.4. The molecule has 0 spiro atoms. The Balaban J connectivity index is 3.19. The summed E-state index contributed by atoms with van der Waals surface area (Å²) in [6.45, 7) is 1.98. The minimum atomic E-state index is -0.439. The molecule has 0 aliphatic heterocycles. The number of aldehydes is 1. The molecular formula is C13H13NO4. The van der Waals surface area contributed by atoms with E-state index in [2.05, 4.69) is 0 Å². The minimum Gasteiger partial charge on any atom is -0.496 e.